The van der Waals surface area contributed by atoms with Gasteiger partial charge in [0, 0.05) is 33.2 Å². The Morgan fingerprint density at radius 1 is 0.553 bits per heavy atom. The Labute approximate surface area is 224 Å². The molecule has 0 saturated carbocycles. The van der Waals surface area contributed by atoms with Crippen LogP contribution in [0, 0.1) is 6.92 Å². The maximum Gasteiger partial charge on any atom is 0.0737 e. The normalized spacial score (nSPS) is 12.8. The topological polar surface area (TPSA) is 57.4 Å². The second-order valence-corrected chi connectivity index (χ2v) is 10.4. The average Bonchev–Trinajstić information content (AvgIpc) is 3.61. The van der Waals surface area contributed by atoms with Crippen molar-refractivity contribution >= 4 is 33.2 Å². The van der Waals surface area contributed by atoms with Crippen molar-refractivity contribution in [2.24, 2.45) is 0 Å². The Kier molecular flexibility index (Phi) is 6.06. The lowest BCUT2D eigenvalue weighted by molar-refractivity contribution is 1.07. The molecule has 0 amide bonds. The lowest BCUT2D eigenvalue weighted by Crippen LogP contribution is -1.86. The van der Waals surface area contributed by atoms with Gasteiger partial charge in [-0.1, -0.05) is 52.0 Å². The van der Waals surface area contributed by atoms with Crippen LogP contribution in [0.2, 0.25) is 0 Å². The first-order valence-electron chi connectivity index (χ1n) is 14.0. The molecule has 192 valence electrons. The number of aryl methyl sites for hydroxylation is 4. The van der Waals surface area contributed by atoms with Crippen LogP contribution in [0.3, 0.4) is 0 Å². The van der Waals surface area contributed by atoms with Gasteiger partial charge in [0.2, 0.25) is 0 Å². The van der Waals surface area contributed by atoms with Crippen LogP contribution < -0.4 is 0 Å². The molecule has 0 atom stereocenters. The van der Waals surface area contributed by atoms with E-state index in [1.807, 2.05) is 0 Å². The van der Waals surface area contributed by atoms with Gasteiger partial charge in [0.05, 0.1) is 22.8 Å². The first-order chi connectivity index (χ1) is 18.5. The lowest BCUT2D eigenvalue weighted by atomic mass is 10.0. The summed E-state index contributed by atoms with van der Waals surface area (Å²) in [5.74, 6) is 0. The van der Waals surface area contributed by atoms with Crippen LogP contribution in [0.5, 0.6) is 0 Å². The molecule has 4 aromatic rings. The summed E-state index contributed by atoms with van der Waals surface area (Å²) in [6.07, 6.45) is 3.88. The molecule has 3 aromatic heterocycles. The summed E-state index contributed by atoms with van der Waals surface area (Å²) in [6, 6.07) is 17.5. The van der Waals surface area contributed by atoms with Crippen molar-refractivity contribution in [3.63, 3.8) is 0 Å². The van der Waals surface area contributed by atoms with Gasteiger partial charge in [0.15, 0.2) is 0 Å². The highest BCUT2D eigenvalue weighted by Gasteiger charge is 2.20. The van der Waals surface area contributed by atoms with E-state index in [0.717, 1.165) is 59.5 Å². The lowest BCUT2D eigenvalue weighted by Gasteiger charge is -2.01. The van der Waals surface area contributed by atoms with Gasteiger partial charge in [-0.05, 0) is 97.2 Å². The second-order valence-electron chi connectivity index (χ2n) is 10.4. The minimum Gasteiger partial charge on any atom is -0.355 e. The summed E-state index contributed by atoms with van der Waals surface area (Å²) in [5, 5.41) is 0. The van der Waals surface area contributed by atoms with Crippen molar-refractivity contribution in [1.29, 1.82) is 0 Å². The molecule has 4 heteroatoms. The predicted octanol–water partition coefficient (Wildman–Crippen LogP) is 8.99. The monoisotopic (exact) mass is 500 g/mol. The average molecular weight is 501 g/mol. The Morgan fingerprint density at radius 2 is 1.08 bits per heavy atom. The van der Waals surface area contributed by atoms with Crippen LogP contribution >= 0.6 is 0 Å². The van der Waals surface area contributed by atoms with Gasteiger partial charge in [-0.3, -0.25) is 0 Å². The van der Waals surface area contributed by atoms with E-state index >= 15 is 0 Å². The molecule has 38 heavy (non-hydrogen) atoms. The highest BCUT2D eigenvalue weighted by Crippen LogP contribution is 2.39. The fraction of sp³-hybridized carbons (Fsp3) is 0.294. The van der Waals surface area contributed by atoms with E-state index in [2.05, 4.69) is 100 Å². The van der Waals surface area contributed by atoms with Gasteiger partial charge >= 0.3 is 0 Å². The van der Waals surface area contributed by atoms with Crippen LogP contribution in [0.15, 0.2) is 48.5 Å². The standard InChI is InChI=1S/C34H36N4/c1-7-21-19(5)27-15-33-25-13-11-12-14-26(25)34(38-33)16-28-20(6)22(8-2)30(36-28)18-32-24(10-4)23(9-3)31(37-32)17-29(21)35-27/h11-18,35,37H,7-10H2,1-6H3. The molecule has 2 N–H and O–H groups in total. The van der Waals surface area contributed by atoms with Crippen molar-refractivity contribution in [1.82, 2.24) is 19.9 Å². The van der Waals surface area contributed by atoms with Crippen molar-refractivity contribution in [2.45, 2.75) is 67.2 Å². The van der Waals surface area contributed by atoms with Crippen molar-refractivity contribution in [3.8, 4) is 22.5 Å². The number of aromatic nitrogens is 4. The zero-order chi connectivity index (χ0) is 26.6. The Morgan fingerprint density at radius 3 is 1.71 bits per heavy atom. The molecule has 0 radical (unpaired) electrons. The zero-order valence-electron chi connectivity index (χ0n) is 23.3. The van der Waals surface area contributed by atoms with E-state index in [1.165, 1.54) is 55.5 Å². The van der Waals surface area contributed by atoms with E-state index in [1.54, 1.807) is 0 Å². The summed E-state index contributed by atoms with van der Waals surface area (Å²) in [6.45, 7) is 13.4. The highest BCUT2D eigenvalue weighted by atomic mass is 14.8. The number of aromatic amines is 2. The van der Waals surface area contributed by atoms with Crippen molar-refractivity contribution in [2.75, 3.05) is 0 Å². The number of nitrogens with zero attached hydrogens (tertiary/aromatic N) is 2. The van der Waals surface area contributed by atoms with Crippen LogP contribution in [0.25, 0.3) is 55.7 Å². The molecular formula is C34H36N4. The summed E-state index contributed by atoms with van der Waals surface area (Å²) in [7, 11) is 0. The second kappa shape index (κ2) is 9.43. The molecule has 0 aliphatic carbocycles. The third-order valence-corrected chi connectivity index (χ3v) is 8.38. The number of allylic oxidation sites excluding steroid dienone is 2. The summed E-state index contributed by atoms with van der Waals surface area (Å²) < 4.78 is 0. The van der Waals surface area contributed by atoms with Crippen LogP contribution in [-0.2, 0) is 19.3 Å². The third kappa shape index (κ3) is 3.74. The highest BCUT2D eigenvalue weighted by molar-refractivity contribution is 5.94. The fourth-order valence-electron chi connectivity index (χ4n) is 6.36. The summed E-state index contributed by atoms with van der Waals surface area (Å²) in [4.78, 5) is 17.9. The number of hydrogen-bond acceptors (Lipinski definition) is 2. The van der Waals surface area contributed by atoms with Crippen molar-refractivity contribution in [3.05, 3.63) is 82.2 Å². The van der Waals surface area contributed by atoms with E-state index in [0.29, 0.717) is 0 Å². The van der Waals surface area contributed by atoms with Gasteiger partial charge in [-0.15, -0.1) is 0 Å². The quantitative estimate of drug-likeness (QED) is 0.259. The number of H-pyrrole nitrogens is 2. The molecule has 0 spiro atoms. The molecule has 6 rings (SSSR count). The van der Waals surface area contributed by atoms with Gasteiger partial charge in [0.1, 0.15) is 0 Å². The third-order valence-electron chi connectivity index (χ3n) is 8.38. The number of rotatable bonds is 4. The van der Waals surface area contributed by atoms with Crippen molar-refractivity contribution < 1.29 is 0 Å². The van der Waals surface area contributed by atoms with Crippen LogP contribution in [0.4, 0.5) is 0 Å². The smallest absolute Gasteiger partial charge is 0.0737 e. The molecule has 0 fully saturated rings. The van der Waals surface area contributed by atoms with E-state index in [4.69, 9.17) is 9.97 Å². The Hall–Kier alpha value is -3.92. The van der Waals surface area contributed by atoms with Gasteiger partial charge in [0.25, 0.3) is 0 Å². The Bertz CT molecular complexity index is 1780. The zero-order valence-corrected chi connectivity index (χ0v) is 23.3. The van der Waals surface area contributed by atoms with Gasteiger partial charge < -0.3 is 9.97 Å². The molecule has 0 saturated heterocycles. The van der Waals surface area contributed by atoms with E-state index in [9.17, 15) is 0 Å². The minimum absolute atomic E-state index is 0.943. The molecule has 4 nitrogen and oxygen atoms in total. The van der Waals surface area contributed by atoms with Crippen LogP contribution in [-0.4, -0.2) is 19.9 Å². The minimum atomic E-state index is 0.943. The van der Waals surface area contributed by atoms with Gasteiger partial charge in [-0.25, -0.2) is 9.97 Å². The molecule has 2 aliphatic rings. The first kappa shape index (κ1) is 24.4. The Balaban J connectivity index is 1.82. The van der Waals surface area contributed by atoms with E-state index in [-0.39, 0.29) is 0 Å². The van der Waals surface area contributed by atoms with Gasteiger partial charge in [-0.2, -0.15) is 0 Å². The predicted molar refractivity (Wildman–Crippen MR) is 161 cm³/mol. The maximum absolute atomic E-state index is 5.17. The largest absolute Gasteiger partial charge is 0.355 e. The summed E-state index contributed by atoms with van der Waals surface area (Å²) >= 11 is 0. The molecule has 8 bridgehead atoms. The maximum atomic E-state index is 5.17. The first-order valence-corrected chi connectivity index (χ1v) is 14.0. The molecular weight excluding hydrogens is 464 g/mol. The number of benzene rings is 1. The molecule has 1 aromatic carbocycles. The summed E-state index contributed by atoms with van der Waals surface area (Å²) in [5.41, 5.74) is 19.0. The fourth-order valence-corrected chi connectivity index (χ4v) is 6.36. The molecule has 0 unspecified atom stereocenters. The van der Waals surface area contributed by atoms with Crippen LogP contribution in [0.1, 0.15) is 74.7 Å². The molecule has 5 heterocycles. The molecule has 2 aliphatic heterocycles. The SMILES string of the molecule is CCC1=C(C)c2cc3nc(cc4[nH]c(cc5[nH]c(cc1n2)c(CC)c5CC)c(CC)c4C)-c1ccccc1-3. The number of nitrogens with one attached hydrogen (secondary N) is 2. The number of fused-ring (bicyclic) bond motifs is 11. The van der Waals surface area contributed by atoms with E-state index < -0.39 is 0 Å². The number of hydrogen-bond donors (Lipinski definition) is 2.